The van der Waals surface area contributed by atoms with E-state index >= 15 is 0 Å². The molecule has 0 aliphatic rings. The normalized spacial score (nSPS) is 10.8. The summed E-state index contributed by atoms with van der Waals surface area (Å²) in [5.41, 5.74) is 3.29. The molecule has 0 saturated heterocycles. The number of rotatable bonds is 5. The van der Waals surface area contributed by atoms with Crippen molar-refractivity contribution in [3.8, 4) is 11.5 Å². The maximum absolute atomic E-state index is 5.77. The minimum Gasteiger partial charge on any atom is -0.497 e. The zero-order valence-corrected chi connectivity index (χ0v) is 12.8. The first kappa shape index (κ1) is 13.8. The van der Waals surface area contributed by atoms with Crippen molar-refractivity contribution in [2.24, 2.45) is 0 Å². The largest absolute Gasteiger partial charge is 0.497 e. The molecule has 108 valence electrons. The summed E-state index contributed by atoms with van der Waals surface area (Å²) in [5.74, 6) is 1.60. The highest BCUT2D eigenvalue weighted by atomic mass is 32.1. The van der Waals surface area contributed by atoms with Gasteiger partial charge in [0.1, 0.15) is 17.8 Å². The molecule has 3 rings (SSSR count). The minimum atomic E-state index is 0.580. The molecule has 3 aromatic rings. The van der Waals surface area contributed by atoms with Crippen molar-refractivity contribution in [2.75, 3.05) is 13.7 Å². The van der Waals surface area contributed by atoms with Crippen molar-refractivity contribution in [3.05, 3.63) is 47.2 Å². The Kier molecular flexibility index (Phi) is 4.01. The van der Waals surface area contributed by atoms with Gasteiger partial charge < -0.3 is 9.47 Å². The van der Waals surface area contributed by atoms with E-state index in [4.69, 9.17) is 9.47 Å². The van der Waals surface area contributed by atoms with Crippen LogP contribution in [0.4, 0.5) is 0 Å². The Morgan fingerprint density at radius 2 is 2.05 bits per heavy atom. The van der Waals surface area contributed by atoms with Gasteiger partial charge in [0.2, 0.25) is 0 Å². The lowest BCUT2D eigenvalue weighted by atomic mass is 10.2. The molecule has 5 heteroatoms. The van der Waals surface area contributed by atoms with E-state index < -0.39 is 0 Å². The topological polar surface area (TPSA) is 44.2 Å². The van der Waals surface area contributed by atoms with Gasteiger partial charge >= 0.3 is 0 Å². The van der Waals surface area contributed by atoms with Gasteiger partial charge in [0.05, 0.1) is 29.6 Å². The van der Waals surface area contributed by atoms with Gasteiger partial charge in [-0.1, -0.05) is 6.07 Å². The van der Waals surface area contributed by atoms with Crippen LogP contribution in [-0.2, 0) is 6.42 Å². The van der Waals surface area contributed by atoms with E-state index in [0.29, 0.717) is 6.61 Å². The van der Waals surface area contributed by atoms with Gasteiger partial charge in [-0.15, -0.1) is 11.3 Å². The molecule has 2 heterocycles. The highest BCUT2D eigenvalue weighted by Crippen LogP contribution is 2.26. The van der Waals surface area contributed by atoms with E-state index in [9.17, 15) is 0 Å². The Morgan fingerprint density at radius 1 is 1.19 bits per heavy atom. The van der Waals surface area contributed by atoms with E-state index in [2.05, 4.69) is 22.3 Å². The second kappa shape index (κ2) is 6.10. The number of fused-ring (bicyclic) bond motifs is 1. The fraction of sp³-hybridized carbons (Fsp3) is 0.250. The summed E-state index contributed by atoms with van der Waals surface area (Å²) < 4.78 is 12.1. The number of benzene rings is 1. The Morgan fingerprint density at radius 3 is 2.90 bits per heavy atom. The molecule has 21 heavy (non-hydrogen) atoms. The fourth-order valence-electron chi connectivity index (χ4n) is 2.15. The van der Waals surface area contributed by atoms with E-state index in [0.717, 1.165) is 33.8 Å². The minimum absolute atomic E-state index is 0.580. The van der Waals surface area contributed by atoms with Crippen molar-refractivity contribution < 1.29 is 9.47 Å². The molecule has 0 bridgehead atoms. The van der Waals surface area contributed by atoms with Crippen LogP contribution in [0.25, 0.3) is 10.2 Å². The monoisotopic (exact) mass is 300 g/mol. The van der Waals surface area contributed by atoms with E-state index in [-0.39, 0.29) is 0 Å². The molecule has 0 spiro atoms. The molecular formula is C16H16N2O2S. The van der Waals surface area contributed by atoms with Crippen LogP contribution in [0.1, 0.15) is 11.3 Å². The maximum atomic E-state index is 5.77. The second-order valence-electron chi connectivity index (χ2n) is 4.69. The molecule has 0 saturated carbocycles. The van der Waals surface area contributed by atoms with Crippen LogP contribution in [-0.4, -0.2) is 23.7 Å². The zero-order chi connectivity index (χ0) is 14.7. The summed E-state index contributed by atoms with van der Waals surface area (Å²) in [6.07, 6.45) is 2.39. The van der Waals surface area contributed by atoms with Crippen LogP contribution in [0.3, 0.4) is 0 Å². The number of hydrogen-bond acceptors (Lipinski definition) is 5. The molecule has 0 atom stereocenters. The van der Waals surface area contributed by atoms with E-state index in [1.54, 1.807) is 24.8 Å². The zero-order valence-electron chi connectivity index (χ0n) is 12.0. The van der Waals surface area contributed by atoms with Crippen LogP contribution < -0.4 is 9.47 Å². The van der Waals surface area contributed by atoms with Gasteiger partial charge in [0.15, 0.2) is 0 Å². The number of hydrogen-bond donors (Lipinski definition) is 0. The van der Waals surface area contributed by atoms with Crippen molar-refractivity contribution in [2.45, 2.75) is 13.3 Å². The van der Waals surface area contributed by atoms with Crippen molar-refractivity contribution in [1.82, 2.24) is 9.97 Å². The Labute approximate surface area is 127 Å². The maximum Gasteiger partial charge on any atom is 0.123 e. The number of ether oxygens (including phenoxy) is 2. The van der Waals surface area contributed by atoms with E-state index in [1.807, 2.05) is 24.3 Å². The van der Waals surface area contributed by atoms with Crippen LogP contribution in [0.15, 0.2) is 36.0 Å². The SMILES string of the molecule is COc1cccc(OCCc2ncnc3c(C)csc23)c1. The van der Waals surface area contributed by atoms with E-state index in [1.165, 1.54) is 5.56 Å². The lowest BCUT2D eigenvalue weighted by Gasteiger charge is -2.07. The predicted molar refractivity (Wildman–Crippen MR) is 84.3 cm³/mol. The summed E-state index contributed by atoms with van der Waals surface area (Å²) in [6, 6.07) is 7.62. The average molecular weight is 300 g/mol. The third kappa shape index (κ3) is 2.97. The first-order chi connectivity index (χ1) is 10.3. The molecule has 0 fully saturated rings. The number of methoxy groups -OCH3 is 1. The first-order valence-electron chi connectivity index (χ1n) is 6.72. The molecule has 0 unspecified atom stereocenters. The molecule has 1 aromatic carbocycles. The standard InChI is InChI=1S/C16H16N2O2S/c1-11-9-21-16-14(17-10-18-15(11)16)6-7-20-13-5-3-4-12(8-13)19-2/h3-5,8-10H,6-7H2,1-2H3. The average Bonchev–Trinajstić information content (AvgIpc) is 2.90. The summed E-state index contributed by atoms with van der Waals surface area (Å²) >= 11 is 1.69. The highest BCUT2D eigenvalue weighted by Gasteiger charge is 2.08. The summed E-state index contributed by atoms with van der Waals surface area (Å²) in [6.45, 7) is 2.65. The third-order valence-corrected chi connectivity index (χ3v) is 4.39. The van der Waals surface area contributed by atoms with Crippen LogP contribution in [0.5, 0.6) is 11.5 Å². The van der Waals surface area contributed by atoms with Crippen molar-refractivity contribution in [1.29, 1.82) is 0 Å². The third-order valence-electron chi connectivity index (χ3n) is 3.25. The van der Waals surface area contributed by atoms with Crippen molar-refractivity contribution in [3.63, 3.8) is 0 Å². The quantitative estimate of drug-likeness (QED) is 0.722. The number of aryl methyl sites for hydroxylation is 1. The van der Waals surface area contributed by atoms with Crippen molar-refractivity contribution >= 4 is 21.6 Å². The summed E-state index contributed by atoms with van der Waals surface area (Å²) in [5, 5.41) is 2.12. The summed E-state index contributed by atoms with van der Waals surface area (Å²) in [7, 11) is 1.65. The predicted octanol–water partition coefficient (Wildman–Crippen LogP) is 3.63. The molecule has 0 aliphatic carbocycles. The fourth-order valence-corrected chi connectivity index (χ4v) is 3.18. The number of nitrogens with zero attached hydrogens (tertiary/aromatic N) is 2. The lowest BCUT2D eigenvalue weighted by molar-refractivity contribution is 0.318. The lowest BCUT2D eigenvalue weighted by Crippen LogP contribution is -2.03. The molecular weight excluding hydrogens is 284 g/mol. The van der Waals surface area contributed by atoms with Crippen LogP contribution >= 0.6 is 11.3 Å². The second-order valence-corrected chi connectivity index (χ2v) is 5.57. The molecule has 4 nitrogen and oxygen atoms in total. The molecule has 0 amide bonds. The van der Waals surface area contributed by atoms with Crippen LogP contribution in [0, 0.1) is 6.92 Å². The summed E-state index contributed by atoms with van der Waals surface area (Å²) in [4.78, 5) is 8.71. The van der Waals surface area contributed by atoms with Gasteiger partial charge in [-0.2, -0.15) is 0 Å². The smallest absolute Gasteiger partial charge is 0.123 e. The highest BCUT2D eigenvalue weighted by molar-refractivity contribution is 7.17. The first-order valence-corrected chi connectivity index (χ1v) is 7.60. The molecule has 0 radical (unpaired) electrons. The number of aromatic nitrogens is 2. The van der Waals surface area contributed by atoms with Gasteiger partial charge in [-0.25, -0.2) is 9.97 Å². The molecule has 2 aromatic heterocycles. The van der Waals surface area contributed by atoms with Gasteiger partial charge in [-0.05, 0) is 30.0 Å². The molecule has 0 aliphatic heterocycles. The van der Waals surface area contributed by atoms with Gasteiger partial charge in [0.25, 0.3) is 0 Å². The Bertz CT molecular complexity index is 755. The van der Waals surface area contributed by atoms with Gasteiger partial charge in [-0.3, -0.25) is 0 Å². The Balaban J connectivity index is 1.69. The van der Waals surface area contributed by atoms with Crippen LogP contribution in [0.2, 0.25) is 0 Å². The number of thiophene rings is 1. The van der Waals surface area contributed by atoms with Gasteiger partial charge in [0, 0.05) is 12.5 Å². The molecule has 0 N–H and O–H groups in total. The Hall–Kier alpha value is -2.14.